The van der Waals surface area contributed by atoms with Crippen LogP contribution in [0, 0.1) is 11.8 Å². The second kappa shape index (κ2) is 7.99. The predicted octanol–water partition coefficient (Wildman–Crippen LogP) is 3.05. The third kappa shape index (κ3) is 5.27. The third-order valence-electron chi connectivity index (χ3n) is 4.03. The van der Waals surface area contributed by atoms with Crippen molar-refractivity contribution in [2.45, 2.75) is 33.1 Å². The zero-order valence-electron chi connectivity index (χ0n) is 13.8. The molecule has 0 aromatic heterocycles. The summed E-state index contributed by atoms with van der Waals surface area (Å²) in [6.45, 7) is 6.02. The zero-order valence-corrected chi connectivity index (χ0v) is 13.8. The minimum absolute atomic E-state index is 0.00577. The van der Waals surface area contributed by atoms with E-state index in [1.165, 1.54) is 0 Å². The molecule has 1 fully saturated rings. The van der Waals surface area contributed by atoms with Gasteiger partial charge in [-0.15, -0.1) is 0 Å². The summed E-state index contributed by atoms with van der Waals surface area (Å²) in [4.78, 5) is 25.1. The summed E-state index contributed by atoms with van der Waals surface area (Å²) in [6.07, 6.45) is 1.70. The molecule has 1 aromatic carbocycles. The minimum atomic E-state index is -0.759. The van der Waals surface area contributed by atoms with Crippen molar-refractivity contribution in [2.24, 2.45) is 11.8 Å². The molecule has 5 heteroatoms. The summed E-state index contributed by atoms with van der Waals surface area (Å²) in [5.41, 5.74) is 0.628. The van der Waals surface area contributed by atoms with Crippen molar-refractivity contribution in [3.05, 3.63) is 29.8 Å². The molecule has 0 spiro atoms. The minimum Gasteiger partial charge on any atom is -0.493 e. The van der Waals surface area contributed by atoms with E-state index in [2.05, 4.69) is 13.8 Å². The fourth-order valence-electron chi connectivity index (χ4n) is 2.75. The first-order chi connectivity index (χ1) is 11.0. The molecule has 1 aromatic rings. The Balaban J connectivity index is 1.93. The number of likely N-dealkylation sites (tertiary alicyclic amines) is 1. The van der Waals surface area contributed by atoms with Gasteiger partial charge in [-0.05, 0) is 42.9 Å². The van der Waals surface area contributed by atoms with Crippen molar-refractivity contribution in [3.63, 3.8) is 0 Å². The Hall–Kier alpha value is -2.04. The number of benzene rings is 1. The molecule has 1 saturated heterocycles. The van der Waals surface area contributed by atoms with Crippen LogP contribution in [0.25, 0.3) is 0 Å². The smallest absolute Gasteiger partial charge is 0.303 e. The molecule has 0 bridgehead atoms. The van der Waals surface area contributed by atoms with E-state index in [0.29, 0.717) is 36.9 Å². The number of carbonyl (C=O) groups is 2. The van der Waals surface area contributed by atoms with E-state index in [-0.39, 0.29) is 18.2 Å². The van der Waals surface area contributed by atoms with Crippen LogP contribution in [0.5, 0.6) is 5.75 Å². The Morgan fingerprint density at radius 2 is 2.00 bits per heavy atom. The van der Waals surface area contributed by atoms with E-state index in [9.17, 15) is 9.59 Å². The fraction of sp³-hybridized carbons (Fsp3) is 0.556. The summed E-state index contributed by atoms with van der Waals surface area (Å²) in [6, 6.07) is 7.28. The van der Waals surface area contributed by atoms with Crippen LogP contribution in [-0.2, 0) is 4.79 Å². The molecule has 5 nitrogen and oxygen atoms in total. The maximum Gasteiger partial charge on any atom is 0.303 e. The number of rotatable bonds is 6. The number of carboxylic acid groups (broad SMARTS) is 1. The second-order valence-corrected chi connectivity index (χ2v) is 6.57. The largest absolute Gasteiger partial charge is 0.493 e. The van der Waals surface area contributed by atoms with E-state index in [1.54, 1.807) is 17.0 Å². The average molecular weight is 319 g/mol. The molecule has 0 saturated carbocycles. The quantitative estimate of drug-likeness (QED) is 0.875. The van der Waals surface area contributed by atoms with Crippen molar-refractivity contribution < 1.29 is 19.4 Å². The van der Waals surface area contributed by atoms with Gasteiger partial charge < -0.3 is 14.7 Å². The molecule has 1 heterocycles. The number of carboxylic acids is 1. The summed E-state index contributed by atoms with van der Waals surface area (Å²) in [7, 11) is 0. The Labute approximate surface area is 137 Å². The van der Waals surface area contributed by atoms with Gasteiger partial charge >= 0.3 is 5.97 Å². The van der Waals surface area contributed by atoms with Gasteiger partial charge in [0, 0.05) is 25.1 Å². The van der Waals surface area contributed by atoms with Crippen molar-refractivity contribution in [3.8, 4) is 5.75 Å². The lowest BCUT2D eigenvalue weighted by Crippen LogP contribution is -2.38. The Kier molecular flexibility index (Phi) is 6.02. The number of hydrogen-bond donors (Lipinski definition) is 1. The highest BCUT2D eigenvalue weighted by Crippen LogP contribution is 2.23. The highest BCUT2D eigenvalue weighted by atomic mass is 16.5. The first kappa shape index (κ1) is 17.3. The number of hydrogen-bond acceptors (Lipinski definition) is 3. The standard InChI is InChI=1S/C18H25NO4/c1-13(2)12-23-16-5-3-4-15(11-16)18(22)19-8-6-14(7-9-19)10-17(20)21/h3-5,11,13-14H,6-10,12H2,1-2H3,(H,20,21). The van der Waals surface area contributed by atoms with Crippen molar-refractivity contribution in [1.82, 2.24) is 4.90 Å². The van der Waals surface area contributed by atoms with Crippen LogP contribution in [0.1, 0.15) is 43.5 Å². The monoisotopic (exact) mass is 319 g/mol. The lowest BCUT2D eigenvalue weighted by molar-refractivity contribution is -0.138. The van der Waals surface area contributed by atoms with Crippen LogP contribution >= 0.6 is 0 Å². The first-order valence-electron chi connectivity index (χ1n) is 8.19. The molecule has 2 rings (SSSR count). The van der Waals surface area contributed by atoms with Crippen molar-refractivity contribution >= 4 is 11.9 Å². The normalized spacial score (nSPS) is 15.7. The highest BCUT2D eigenvalue weighted by molar-refractivity contribution is 5.94. The van der Waals surface area contributed by atoms with Gasteiger partial charge in [0.05, 0.1) is 6.61 Å². The Bertz CT molecular complexity index is 548. The SMILES string of the molecule is CC(C)COc1cccc(C(=O)N2CCC(CC(=O)O)CC2)c1. The van der Waals surface area contributed by atoms with Gasteiger partial charge in [-0.25, -0.2) is 0 Å². The van der Waals surface area contributed by atoms with Crippen LogP contribution < -0.4 is 4.74 Å². The third-order valence-corrected chi connectivity index (χ3v) is 4.03. The van der Waals surface area contributed by atoms with Gasteiger partial charge in [-0.2, -0.15) is 0 Å². The van der Waals surface area contributed by atoms with Crippen molar-refractivity contribution in [2.75, 3.05) is 19.7 Å². The number of amides is 1. The van der Waals surface area contributed by atoms with E-state index < -0.39 is 5.97 Å². The maximum absolute atomic E-state index is 12.6. The maximum atomic E-state index is 12.6. The van der Waals surface area contributed by atoms with Gasteiger partial charge in [0.1, 0.15) is 5.75 Å². The van der Waals surface area contributed by atoms with Crippen LogP contribution in [0.15, 0.2) is 24.3 Å². The molecule has 1 N–H and O–H groups in total. The first-order valence-corrected chi connectivity index (χ1v) is 8.19. The van der Waals surface area contributed by atoms with Gasteiger partial charge in [-0.3, -0.25) is 9.59 Å². The van der Waals surface area contributed by atoms with E-state index in [0.717, 1.165) is 12.8 Å². The Morgan fingerprint density at radius 1 is 1.30 bits per heavy atom. The molecule has 0 radical (unpaired) electrons. The molecule has 0 atom stereocenters. The summed E-state index contributed by atoms with van der Waals surface area (Å²) >= 11 is 0. The van der Waals surface area contributed by atoms with E-state index in [4.69, 9.17) is 9.84 Å². The highest BCUT2D eigenvalue weighted by Gasteiger charge is 2.25. The molecule has 0 aliphatic carbocycles. The average Bonchev–Trinajstić information content (AvgIpc) is 2.53. The van der Waals surface area contributed by atoms with Gasteiger partial charge in [-0.1, -0.05) is 19.9 Å². The van der Waals surface area contributed by atoms with E-state index in [1.807, 2.05) is 12.1 Å². The lowest BCUT2D eigenvalue weighted by Gasteiger charge is -2.31. The van der Waals surface area contributed by atoms with Crippen LogP contribution in [0.3, 0.4) is 0 Å². The Morgan fingerprint density at radius 3 is 2.61 bits per heavy atom. The number of nitrogens with zero attached hydrogens (tertiary/aromatic N) is 1. The zero-order chi connectivity index (χ0) is 16.8. The van der Waals surface area contributed by atoms with Crippen LogP contribution in [-0.4, -0.2) is 41.6 Å². The molecule has 23 heavy (non-hydrogen) atoms. The molecule has 0 unspecified atom stereocenters. The molecular formula is C18H25NO4. The molecule has 1 aliphatic rings. The van der Waals surface area contributed by atoms with Crippen LogP contribution in [0.2, 0.25) is 0 Å². The summed E-state index contributed by atoms with van der Waals surface area (Å²) in [5, 5.41) is 8.84. The van der Waals surface area contributed by atoms with Crippen LogP contribution in [0.4, 0.5) is 0 Å². The van der Waals surface area contributed by atoms with Crippen molar-refractivity contribution in [1.29, 1.82) is 0 Å². The second-order valence-electron chi connectivity index (χ2n) is 6.57. The van der Waals surface area contributed by atoms with Gasteiger partial charge in [0.15, 0.2) is 0 Å². The van der Waals surface area contributed by atoms with Gasteiger partial charge in [0.2, 0.25) is 0 Å². The molecular weight excluding hydrogens is 294 g/mol. The predicted molar refractivity (Wildman–Crippen MR) is 87.7 cm³/mol. The fourth-order valence-corrected chi connectivity index (χ4v) is 2.75. The summed E-state index contributed by atoms with van der Waals surface area (Å²) in [5.74, 6) is 0.559. The van der Waals surface area contributed by atoms with Gasteiger partial charge in [0.25, 0.3) is 5.91 Å². The number of piperidine rings is 1. The molecule has 1 aliphatic heterocycles. The lowest BCUT2D eigenvalue weighted by atomic mass is 9.93. The molecule has 126 valence electrons. The number of ether oxygens (including phenoxy) is 1. The number of carbonyl (C=O) groups excluding carboxylic acids is 1. The number of aliphatic carboxylic acids is 1. The molecule has 1 amide bonds. The van der Waals surface area contributed by atoms with E-state index >= 15 is 0 Å². The summed E-state index contributed by atoms with van der Waals surface area (Å²) < 4.78 is 5.67. The topological polar surface area (TPSA) is 66.8 Å².